The number of thioether (sulfide) groups is 1. The standard InChI is InChI=1S/C15H14N2S/c1-11-7-6-10-17-14(11)16-13(15(17)18-2)12-8-4-3-5-9-12/h3-10H,1-2H3. The first-order valence-electron chi connectivity index (χ1n) is 5.88. The molecule has 2 heterocycles. The SMILES string of the molecule is CSc1c(-c2ccccc2)nc2c(C)cccn12. The second kappa shape index (κ2) is 4.50. The van der Waals surface area contributed by atoms with Crippen molar-refractivity contribution in [3.63, 3.8) is 0 Å². The van der Waals surface area contributed by atoms with Gasteiger partial charge in [-0.3, -0.25) is 4.40 Å². The number of nitrogens with zero attached hydrogens (tertiary/aromatic N) is 2. The molecule has 0 atom stereocenters. The van der Waals surface area contributed by atoms with E-state index in [4.69, 9.17) is 4.98 Å². The van der Waals surface area contributed by atoms with Crippen LogP contribution in [0.25, 0.3) is 16.9 Å². The van der Waals surface area contributed by atoms with Crippen LogP contribution in [-0.2, 0) is 0 Å². The van der Waals surface area contributed by atoms with Crippen molar-refractivity contribution in [2.75, 3.05) is 6.26 Å². The molecule has 0 fully saturated rings. The van der Waals surface area contributed by atoms with Crippen molar-refractivity contribution < 1.29 is 0 Å². The minimum atomic E-state index is 1.04. The molecular formula is C15H14N2S. The Morgan fingerprint density at radius 3 is 2.56 bits per heavy atom. The van der Waals surface area contributed by atoms with Gasteiger partial charge in [-0.2, -0.15) is 0 Å². The van der Waals surface area contributed by atoms with Crippen molar-refractivity contribution in [1.82, 2.24) is 9.38 Å². The van der Waals surface area contributed by atoms with Gasteiger partial charge in [0.2, 0.25) is 0 Å². The molecule has 0 amide bonds. The summed E-state index contributed by atoms with van der Waals surface area (Å²) in [6.07, 6.45) is 4.17. The number of benzene rings is 1. The quantitative estimate of drug-likeness (QED) is 0.642. The fourth-order valence-corrected chi connectivity index (χ4v) is 2.86. The van der Waals surface area contributed by atoms with E-state index in [1.54, 1.807) is 11.8 Å². The number of rotatable bonds is 2. The molecule has 0 N–H and O–H groups in total. The van der Waals surface area contributed by atoms with Gasteiger partial charge in [0.1, 0.15) is 16.4 Å². The van der Waals surface area contributed by atoms with E-state index in [9.17, 15) is 0 Å². The van der Waals surface area contributed by atoms with E-state index in [1.165, 1.54) is 16.2 Å². The molecule has 3 aromatic rings. The largest absolute Gasteiger partial charge is 0.294 e. The second-order valence-corrected chi connectivity index (χ2v) is 5.02. The van der Waals surface area contributed by atoms with Gasteiger partial charge in [-0.25, -0.2) is 4.98 Å². The lowest BCUT2D eigenvalue weighted by atomic mass is 10.2. The van der Waals surface area contributed by atoms with E-state index in [2.05, 4.69) is 60.2 Å². The molecule has 0 aliphatic heterocycles. The maximum Gasteiger partial charge on any atom is 0.141 e. The van der Waals surface area contributed by atoms with E-state index in [0.29, 0.717) is 0 Å². The Balaban J connectivity index is 2.33. The van der Waals surface area contributed by atoms with E-state index >= 15 is 0 Å². The minimum absolute atomic E-state index is 1.04. The summed E-state index contributed by atoms with van der Waals surface area (Å²) >= 11 is 1.74. The summed E-state index contributed by atoms with van der Waals surface area (Å²) in [4.78, 5) is 4.80. The third-order valence-electron chi connectivity index (χ3n) is 3.04. The first-order chi connectivity index (χ1) is 8.81. The summed E-state index contributed by atoms with van der Waals surface area (Å²) in [6, 6.07) is 14.5. The predicted molar refractivity (Wildman–Crippen MR) is 77.1 cm³/mol. The van der Waals surface area contributed by atoms with Gasteiger partial charge in [-0.05, 0) is 24.8 Å². The number of fused-ring (bicyclic) bond motifs is 1. The van der Waals surface area contributed by atoms with Crippen molar-refractivity contribution in [1.29, 1.82) is 0 Å². The topological polar surface area (TPSA) is 17.3 Å². The third-order valence-corrected chi connectivity index (χ3v) is 3.82. The van der Waals surface area contributed by atoms with Crippen LogP contribution in [0.5, 0.6) is 0 Å². The average Bonchev–Trinajstić information content (AvgIpc) is 2.80. The Bertz CT molecular complexity index is 686. The second-order valence-electron chi connectivity index (χ2n) is 4.22. The zero-order valence-corrected chi connectivity index (χ0v) is 11.2. The van der Waals surface area contributed by atoms with Gasteiger partial charge >= 0.3 is 0 Å². The minimum Gasteiger partial charge on any atom is -0.294 e. The maximum atomic E-state index is 4.80. The van der Waals surface area contributed by atoms with Crippen molar-refractivity contribution in [2.24, 2.45) is 0 Å². The van der Waals surface area contributed by atoms with Gasteiger partial charge in [0.25, 0.3) is 0 Å². The zero-order chi connectivity index (χ0) is 12.5. The summed E-state index contributed by atoms with van der Waals surface area (Å²) in [5, 5.41) is 1.19. The number of hydrogen-bond donors (Lipinski definition) is 0. The van der Waals surface area contributed by atoms with Gasteiger partial charge in [0.05, 0.1) is 0 Å². The van der Waals surface area contributed by atoms with E-state index < -0.39 is 0 Å². The van der Waals surface area contributed by atoms with Crippen molar-refractivity contribution >= 4 is 17.4 Å². The molecular weight excluding hydrogens is 240 g/mol. The highest BCUT2D eigenvalue weighted by atomic mass is 32.2. The molecule has 18 heavy (non-hydrogen) atoms. The molecule has 2 aromatic heterocycles. The Morgan fingerprint density at radius 2 is 1.83 bits per heavy atom. The fraction of sp³-hybridized carbons (Fsp3) is 0.133. The van der Waals surface area contributed by atoms with E-state index in [1.807, 2.05) is 6.07 Å². The number of imidazole rings is 1. The van der Waals surface area contributed by atoms with Crippen LogP contribution in [0.1, 0.15) is 5.56 Å². The molecule has 0 unspecified atom stereocenters. The Morgan fingerprint density at radius 1 is 1.06 bits per heavy atom. The molecule has 0 spiro atoms. The molecule has 0 aliphatic carbocycles. The predicted octanol–water partition coefficient (Wildman–Crippen LogP) is 4.03. The molecule has 90 valence electrons. The number of hydrogen-bond acceptors (Lipinski definition) is 2. The molecule has 3 heteroatoms. The van der Waals surface area contributed by atoms with Crippen LogP contribution in [0.2, 0.25) is 0 Å². The highest BCUT2D eigenvalue weighted by Gasteiger charge is 2.13. The summed E-state index contributed by atoms with van der Waals surface area (Å²) in [7, 11) is 0. The van der Waals surface area contributed by atoms with Gasteiger partial charge in [-0.1, -0.05) is 36.4 Å². The van der Waals surface area contributed by atoms with Crippen molar-refractivity contribution in [3.8, 4) is 11.3 Å². The summed E-state index contributed by atoms with van der Waals surface area (Å²) in [5.41, 5.74) is 4.48. The Hall–Kier alpha value is -1.74. The lowest BCUT2D eigenvalue weighted by Crippen LogP contribution is -1.87. The van der Waals surface area contributed by atoms with Crippen molar-refractivity contribution in [2.45, 2.75) is 11.9 Å². The Kier molecular flexibility index (Phi) is 2.84. The number of aryl methyl sites for hydroxylation is 1. The normalized spacial score (nSPS) is 11.0. The molecule has 0 saturated heterocycles. The summed E-state index contributed by atoms with van der Waals surface area (Å²) in [5.74, 6) is 0. The maximum absolute atomic E-state index is 4.80. The monoisotopic (exact) mass is 254 g/mol. The summed E-state index contributed by atoms with van der Waals surface area (Å²) < 4.78 is 2.17. The fourth-order valence-electron chi connectivity index (χ4n) is 2.16. The number of aromatic nitrogens is 2. The Labute approximate surface area is 111 Å². The molecule has 3 rings (SSSR count). The van der Waals surface area contributed by atoms with Crippen LogP contribution < -0.4 is 0 Å². The van der Waals surface area contributed by atoms with Crippen LogP contribution in [0.3, 0.4) is 0 Å². The van der Waals surface area contributed by atoms with Crippen LogP contribution in [0.15, 0.2) is 53.7 Å². The van der Waals surface area contributed by atoms with Crippen molar-refractivity contribution in [3.05, 3.63) is 54.2 Å². The van der Waals surface area contributed by atoms with Gasteiger partial charge in [-0.15, -0.1) is 11.8 Å². The van der Waals surface area contributed by atoms with Crippen LogP contribution in [0.4, 0.5) is 0 Å². The van der Waals surface area contributed by atoms with Crippen LogP contribution >= 0.6 is 11.8 Å². The highest BCUT2D eigenvalue weighted by Crippen LogP contribution is 2.31. The lowest BCUT2D eigenvalue weighted by Gasteiger charge is -2.01. The smallest absolute Gasteiger partial charge is 0.141 e. The molecule has 0 saturated carbocycles. The first kappa shape index (κ1) is 11.4. The van der Waals surface area contributed by atoms with Gasteiger partial charge in [0.15, 0.2) is 0 Å². The number of pyridine rings is 1. The molecule has 0 aliphatic rings. The molecule has 1 aromatic carbocycles. The third kappa shape index (κ3) is 1.71. The van der Waals surface area contributed by atoms with Crippen LogP contribution in [-0.4, -0.2) is 15.6 Å². The summed E-state index contributed by atoms with van der Waals surface area (Å²) in [6.45, 7) is 2.10. The molecule has 2 nitrogen and oxygen atoms in total. The molecule has 0 radical (unpaired) electrons. The first-order valence-corrected chi connectivity index (χ1v) is 7.11. The zero-order valence-electron chi connectivity index (χ0n) is 10.4. The van der Waals surface area contributed by atoms with Gasteiger partial charge in [0, 0.05) is 11.8 Å². The van der Waals surface area contributed by atoms with Gasteiger partial charge < -0.3 is 0 Å². The van der Waals surface area contributed by atoms with E-state index in [0.717, 1.165) is 11.3 Å². The van der Waals surface area contributed by atoms with E-state index in [-0.39, 0.29) is 0 Å². The van der Waals surface area contributed by atoms with Crippen LogP contribution in [0, 0.1) is 6.92 Å². The molecule has 0 bridgehead atoms. The highest BCUT2D eigenvalue weighted by molar-refractivity contribution is 7.98. The average molecular weight is 254 g/mol. The lowest BCUT2D eigenvalue weighted by molar-refractivity contribution is 1.04.